The van der Waals surface area contributed by atoms with Gasteiger partial charge in [0.15, 0.2) is 0 Å². The van der Waals surface area contributed by atoms with Crippen LogP contribution < -0.4 is 5.32 Å². The third-order valence-electron chi connectivity index (χ3n) is 4.95. The summed E-state index contributed by atoms with van der Waals surface area (Å²) in [6.07, 6.45) is 0.819. The Balaban J connectivity index is 2.00. The van der Waals surface area contributed by atoms with Gasteiger partial charge in [-0.05, 0) is 31.0 Å². The van der Waals surface area contributed by atoms with Gasteiger partial charge >= 0.3 is 6.03 Å². The zero-order chi connectivity index (χ0) is 18.3. The molecule has 0 bridgehead atoms. The molecule has 2 aliphatic rings. The van der Waals surface area contributed by atoms with E-state index in [1.807, 2.05) is 13.8 Å². The summed E-state index contributed by atoms with van der Waals surface area (Å²) >= 11 is 0. The minimum Gasteiger partial charge on any atom is -0.330 e. The van der Waals surface area contributed by atoms with Crippen LogP contribution in [0.15, 0.2) is 35.5 Å². The molecule has 132 valence electrons. The largest absolute Gasteiger partial charge is 0.330 e. The molecule has 3 rings (SSSR count). The summed E-state index contributed by atoms with van der Waals surface area (Å²) in [5.41, 5.74) is 1.85. The van der Waals surface area contributed by atoms with Crippen LogP contribution in [0.25, 0.3) is 0 Å². The molecule has 1 aromatic rings. The smallest absolute Gasteiger partial charge is 0.322 e. The van der Waals surface area contributed by atoms with Crippen LogP contribution in [-0.4, -0.2) is 46.3 Å². The Morgan fingerprint density at radius 2 is 1.96 bits per heavy atom. The molecule has 0 aliphatic carbocycles. The number of nitro groups is 1. The van der Waals surface area contributed by atoms with Gasteiger partial charge in [0.05, 0.1) is 28.8 Å². The van der Waals surface area contributed by atoms with E-state index in [1.54, 1.807) is 24.1 Å². The van der Waals surface area contributed by atoms with Crippen molar-refractivity contribution in [3.05, 3.63) is 51.2 Å². The fraction of sp³-hybridized carbons (Fsp3) is 0.412. The molecule has 2 atom stereocenters. The minimum absolute atomic E-state index is 0.0313. The summed E-state index contributed by atoms with van der Waals surface area (Å²) in [6.45, 7) is 4.39. The number of rotatable bonds is 4. The number of likely N-dealkylation sites (N-methyl/N-ethyl adjacent to an activating group) is 1. The molecule has 25 heavy (non-hydrogen) atoms. The third kappa shape index (κ3) is 2.73. The zero-order valence-electron chi connectivity index (χ0n) is 14.4. The first-order valence-corrected chi connectivity index (χ1v) is 8.17. The average Bonchev–Trinajstić information content (AvgIpc) is 2.95. The molecule has 8 nitrogen and oxygen atoms in total. The van der Waals surface area contributed by atoms with Gasteiger partial charge in [-0.15, -0.1) is 0 Å². The molecule has 0 radical (unpaired) electrons. The second-order valence-corrected chi connectivity index (χ2v) is 6.34. The zero-order valence-corrected chi connectivity index (χ0v) is 14.4. The van der Waals surface area contributed by atoms with Crippen LogP contribution in [0.4, 0.5) is 10.5 Å². The summed E-state index contributed by atoms with van der Waals surface area (Å²) in [4.78, 5) is 38.8. The maximum Gasteiger partial charge on any atom is 0.322 e. The van der Waals surface area contributed by atoms with Crippen molar-refractivity contribution < 1.29 is 14.5 Å². The van der Waals surface area contributed by atoms with Crippen molar-refractivity contribution in [3.8, 4) is 0 Å². The molecule has 0 fully saturated rings. The Morgan fingerprint density at radius 1 is 1.32 bits per heavy atom. The van der Waals surface area contributed by atoms with E-state index in [0.29, 0.717) is 23.4 Å². The lowest BCUT2D eigenvalue weighted by Gasteiger charge is -2.31. The number of nitrogens with zero attached hydrogens (tertiary/aromatic N) is 3. The van der Waals surface area contributed by atoms with E-state index in [0.717, 1.165) is 6.42 Å². The fourth-order valence-corrected chi connectivity index (χ4v) is 3.20. The maximum absolute atomic E-state index is 12.9. The molecule has 3 amide bonds. The van der Waals surface area contributed by atoms with Gasteiger partial charge in [0, 0.05) is 25.2 Å². The Bertz CT molecular complexity index is 771. The maximum atomic E-state index is 12.9. The van der Waals surface area contributed by atoms with Gasteiger partial charge in [-0.3, -0.25) is 19.8 Å². The van der Waals surface area contributed by atoms with E-state index in [4.69, 9.17) is 0 Å². The first-order chi connectivity index (χ1) is 11.8. The number of non-ortho nitro benzene ring substituents is 1. The van der Waals surface area contributed by atoms with Crippen LogP contribution >= 0.6 is 0 Å². The second-order valence-electron chi connectivity index (χ2n) is 6.34. The molecule has 1 N–H and O–H groups in total. The van der Waals surface area contributed by atoms with Gasteiger partial charge < -0.3 is 10.2 Å². The molecular formula is C17H20N4O4. The summed E-state index contributed by atoms with van der Waals surface area (Å²) < 4.78 is 0. The summed E-state index contributed by atoms with van der Waals surface area (Å²) in [6, 6.07) is 5.11. The summed E-state index contributed by atoms with van der Waals surface area (Å²) in [7, 11) is 1.64. The molecule has 2 aliphatic heterocycles. The molecule has 1 aromatic carbocycles. The number of amides is 3. The highest BCUT2D eigenvalue weighted by Crippen LogP contribution is 2.36. The minimum atomic E-state index is -0.596. The van der Waals surface area contributed by atoms with E-state index in [1.165, 1.54) is 17.0 Å². The number of nitrogens with one attached hydrogen (secondary N) is 1. The first kappa shape index (κ1) is 16.9. The number of urea groups is 1. The van der Waals surface area contributed by atoms with Crippen molar-refractivity contribution in [2.45, 2.75) is 32.4 Å². The van der Waals surface area contributed by atoms with E-state index in [-0.39, 0.29) is 23.7 Å². The molecule has 0 aromatic heterocycles. The Morgan fingerprint density at radius 3 is 2.52 bits per heavy atom. The molecule has 8 heteroatoms. The van der Waals surface area contributed by atoms with Crippen LogP contribution in [0.5, 0.6) is 0 Å². The number of hydrogen-bond acceptors (Lipinski definition) is 4. The number of carbonyl (C=O) groups is 2. The highest BCUT2D eigenvalue weighted by Gasteiger charge is 2.43. The number of hydrogen-bond donors (Lipinski definition) is 1. The summed E-state index contributed by atoms with van der Waals surface area (Å²) in [5.74, 6) is -0.0976. The Labute approximate surface area is 145 Å². The van der Waals surface area contributed by atoms with Gasteiger partial charge in [-0.25, -0.2) is 4.79 Å². The van der Waals surface area contributed by atoms with Crippen molar-refractivity contribution in [2.24, 2.45) is 0 Å². The normalized spacial score (nSPS) is 21.3. The average molecular weight is 344 g/mol. The lowest BCUT2D eigenvalue weighted by atomic mass is 9.95. The molecule has 2 heterocycles. The van der Waals surface area contributed by atoms with Crippen LogP contribution in [0.2, 0.25) is 0 Å². The van der Waals surface area contributed by atoms with Gasteiger partial charge in [-0.1, -0.05) is 6.92 Å². The van der Waals surface area contributed by atoms with Crippen LogP contribution in [0.3, 0.4) is 0 Å². The van der Waals surface area contributed by atoms with Crippen LogP contribution in [-0.2, 0) is 4.79 Å². The van der Waals surface area contributed by atoms with E-state index < -0.39 is 11.0 Å². The number of nitro benzene ring substituents is 1. The van der Waals surface area contributed by atoms with Gasteiger partial charge in [0.1, 0.15) is 0 Å². The molecule has 2 unspecified atom stereocenters. The predicted molar refractivity (Wildman–Crippen MR) is 90.6 cm³/mol. The standard InChI is InChI=1S/C17H20N4O4/c1-4-10(2)20-9-13-14(16(20)22)15(18-17(23)19(13)3)11-5-7-12(8-6-11)21(24)25/h5-8,10,15H,4,9H2,1-3H3,(H,18,23). The topological polar surface area (TPSA) is 95.8 Å². The summed E-state index contributed by atoms with van der Waals surface area (Å²) in [5, 5.41) is 13.7. The van der Waals surface area contributed by atoms with E-state index in [2.05, 4.69) is 5.32 Å². The molecule has 0 saturated carbocycles. The van der Waals surface area contributed by atoms with E-state index >= 15 is 0 Å². The lowest BCUT2D eigenvalue weighted by molar-refractivity contribution is -0.384. The van der Waals surface area contributed by atoms with Crippen LogP contribution in [0, 0.1) is 10.1 Å². The number of carbonyl (C=O) groups excluding carboxylic acids is 2. The SMILES string of the molecule is CCC(C)N1CC2=C(C1=O)C(c1ccc([N+](=O)[O-])cc1)NC(=O)N2C. The van der Waals surface area contributed by atoms with Crippen molar-refractivity contribution in [2.75, 3.05) is 13.6 Å². The van der Waals surface area contributed by atoms with Crippen LogP contribution in [0.1, 0.15) is 31.9 Å². The highest BCUT2D eigenvalue weighted by atomic mass is 16.6. The molecule has 0 spiro atoms. The second kappa shape index (κ2) is 6.19. The van der Waals surface area contributed by atoms with Gasteiger partial charge in [-0.2, -0.15) is 0 Å². The first-order valence-electron chi connectivity index (χ1n) is 8.17. The van der Waals surface area contributed by atoms with Crippen molar-refractivity contribution in [1.82, 2.24) is 15.1 Å². The number of benzene rings is 1. The fourth-order valence-electron chi connectivity index (χ4n) is 3.20. The highest BCUT2D eigenvalue weighted by molar-refractivity contribution is 6.01. The Hall–Kier alpha value is -2.90. The monoisotopic (exact) mass is 344 g/mol. The quantitative estimate of drug-likeness (QED) is 0.669. The van der Waals surface area contributed by atoms with Gasteiger partial charge in [0.2, 0.25) is 0 Å². The van der Waals surface area contributed by atoms with E-state index in [9.17, 15) is 19.7 Å². The van der Waals surface area contributed by atoms with Crippen molar-refractivity contribution in [1.29, 1.82) is 0 Å². The van der Waals surface area contributed by atoms with Crippen molar-refractivity contribution in [3.63, 3.8) is 0 Å². The molecular weight excluding hydrogens is 324 g/mol. The predicted octanol–water partition coefficient (Wildman–Crippen LogP) is 2.19. The lowest BCUT2D eigenvalue weighted by Crippen LogP contribution is -2.45. The van der Waals surface area contributed by atoms with Crippen molar-refractivity contribution >= 4 is 17.6 Å². The molecule has 0 saturated heterocycles. The van der Waals surface area contributed by atoms with Gasteiger partial charge in [0.25, 0.3) is 11.6 Å². The third-order valence-corrected chi connectivity index (χ3v) is 4.95. The Kier molecular flexibility index (Phi) is 4.20.